The van der Waals surface area contributed by atoms with Crippen LogP contribution in [0.15, 0.2) is 53.5 Å². The summed E-state index contributed by atoms with van der Waals surface area (Å²) in [4.78, 5) is 22.1. The molecule has 0 fully saturated rings. The lowest BCUT2D eigenvalue weighted by Crippen LogP contribution is -2.45. The van der Waals surface area contributed by atoms with Gasteiger partial charge in [0.05, 0.1) is 16.9 Å². The molecule has 1 aromatic carbocycles. The molecular weight excluding hydrogens is 348 g/mol. The van der Waals surface area contributed by atoms with Crippen molar-refractivity contribution in [2.24, 2.45) is 0 Å². The van der Waals surface area contributed by atoms with Gasteiger partial charge >= 0.3 is 5.97 Å². The SMILES string of the molecule is C=CC1=CC[C@@H](C(=O)OC)N(S(=O)(=O)c2ccc([N+](=O)[O-])cc2)CC1. The fourth-order valence-corrected chi connectivity index (χ4v) is 4.17. The van der Waals surface area contributed by atoms with Gasteiger partial charge in [0, 0.05) is 18.7 Å². The Morgan fingerprint density at radius 2 is 2.04 bits per heavy atom. The van der Waals surface area contributed by atoms with Crippen molar-refractivity contribution in [2.45, 2.75) is 23.8 Å². The van der Waals surface area contributed by atoms with E-state index in [-0.39, 0.29) is 23.5 Å². The van der Waals surface area contributed by atoms with E-state index in [4.69, 9.17) is 4.74 Å². The smallest absolute Gasteiger partial charge is 0.324 e. The van der Waals surface area contributed by atoms with E-state index >= 15 is 0 Å². The number of nitrogens with zero attached hydrogens (tertiary/aromatic N) is 2. The number of ether oxygens (including phenoxy) is 1. The summed E-state index contributed by atoms with van der Waals surface area (Å²) < 4.78 is 31.7. The number of hydrogen-bond donors (Lipinski definition) is 0. The van der Waals surface area contributed by atoms with Crippen molar-refractivity contribution < 1.29 is 22.9 Å². The number of sulfonamides is 1. The summed E-state index contributed by atoms with van der Waals surface area (Å²) in [5.74, 6) is -0.660. The van der Waals surface area contributed by atoms with E-state index in [0.717, 1.165) is 34.1 Å². The fraction of sp³-hybridized carbons (Fsp3) is 0.312. The zero-order valence-corrected chi connectivity index (χ0v) is 14.4. The second-order valence-corrected chi connectivity index (χ2v) is 7.27. The summed E-state index contributed by atoms with van der Waals surface area (Å²) >= 11 is 0. The van der Waals surface area contributed by atoms with Crippen LogP contribution in [0.3, 0.4) is 0 Å². The lowest BCUT2D eigenvalue weighted by atomic mass is 10.1. The average molecular weight is 366 g/mol. The molecule has 0 unspecified atom stereocenters. The van der Waals surface area contributed by atoms with Crippen LogP contribution >= 0.6 is 0 Å². The highest BCUT2D eigenvalue weighted by atomic mass is 32.2. The lowest BCUT2D eigenvalue weighted by Gasteiger charge is -2.27. The number of esters is 1. The Hall–Kier alpha value is -2.52. The summed E-state index contributed by atoms with van der Waals surface area (Å²) in [5, 5.41) is 10.7. The van der Waals surface area contributed by atoms with Crippen molar-refractivity contribution in [1.29, 1.82) is 0 Å². The van der Waals surface area contributed by atoms with Crippen LogP contribution in [0.2, 0.25) is 0 Å². The monoisotopic (exact) mass is 366 g/mol. The molecule has 0 aromatic heterocycles. The largest absolute Gasteiger partial charge is 0.468 e. The maximum Gasteiger partial charge on any atom is 0.324 e. The highest BCUT2D eigenvalue weighted by Crippen LogP contribution is 2.26. The van der Waals surface area contributed by atoms with Crippen molar-refractivity contribution in [2.75, 3.05) is 13.7 Å². The number of rotatable bonds is 5. The molecule has 25 heavy (non-hydrogen) atoms. The molecule has 1 aliphatic heterocycles. The molecule has 8 nitrogen and oxygen atoms in total. The van der Waals surface area contributed by atoms with Crippen LogP contribution in [0.25, 0.3) is 0 Å². The third-order valence-electron chi connectivity index (χ3n) is 3.96. The maximum atomic E-state index is 12.9. The van der Waals surface area contributed by atoms with Crippen molar-refractivity contribution in [3.05, 3.63) is 58.7 Å². The van der Waals surface area contributed by atoms with Crippen molar-refractivity contribution in [3.63, 3.8) is 0 Å². The van der Waals surface area contributed by atoms with Gasteiger partial charge in [0.25, 0.3) is 5.69 Å². The molecule has 0 bridgehead atoms. The zero-order chi connectivity index (χ0) is 18.6. The van der Waals surface area contributed by atoms with Gasteiger partial charge in [0.1, 0.15) is 6.04 Å². The second kappa shape index (κ2) is 7.58. The Morgan fingerprint density at radius 1 is 1.40 bits per heavy atom. The van der Waals surface area contributed by atoms with Gasteiger partial charge in [-0.25, -0.2) is 8.42 Å². The number of benzene rings is 1. The van der Waals surface area contributed by atoms with Gasteiger partial charge < -0.3 is 4.74 Å². The van der Waals surface area contributed by atoms with E-state index in [1.165, 1.54) is 7.11 Å². The minimum atomic E-state index is -4.02. The first-order chi connectivity index (χ1) is 11.8. The molecule has 2 rings (SSSR count). The van der Waals surface area contributed by atoms with Gasteiger partial charge in [-0.2, -0.15) is 4.31 Å². The Kier molecular flexibility index (Phi) is 5.70. The van der Waals surface area contributed by atoms with Crippen LogP contribution in [0.5, 0.6) is 0 Å². The van der Waals surface area contributed by atoms with Crippen molar-refractivity contribution in [3.8, 4) is 0 Å². The summed E-state index contributed by atoms with van der Waals surface area (Å²) in [6, 6.07) is 3.56. The molecule has 0 radical (unpaired) electrons. The van der Waals surface area contributed by atoms with Crippen LogP contribution in [0.4, 0.5) is 5.69 Å². The summed E-state index contributed by atoms with van der Waals surface area (Å²) in [5.41, 5.74) is 0.630. The van der Waals surface area contributed by atoms with Crippen LogP contribution in [-0.2, 0) is 19.6 Å². The highest BCUT2D eigenvalue weighted by Gasteiger charge is 2.37. The number of carbonyl (C=O) groups is 1. The van der Waals surface area contributed by atoms with Crippen molar-refractivity contribution >= 4 is 21.7 Å². The molecule has 0 amide bonds. The highest BCUT2D eigenvalue weighted by molar-refractivity contribution is 7.89. The molecule has 1 aromatic rings. The van der Waals surface area contributed by atoms with Crippen LogP contribution < -0.4 is 0 Å². The molecule has 0 N–H and O–H groups in total. The molecule has 1 heterocycles. The average Bonchev–Trinajstić information content (AvgIpc) is 2.84. The molecule has 0 saturated heterocycles. The molecule has 0 aliphatic carbocycles. The quantitative estimate of drug-likeness (QED) is 0.448. The van der Waals surface area contributed by atoms with Gasteiger partial charge in [-0.3, -0.25) is 14.9 Å². The number of nitro benzene ring substituents is 1. The topological polar surface area (TPSA) is 107 Å². The molecule has 1 atom stereocenters. The zero-order valence-electron chi connectivity index (χ0n) is 13.6. The normalized spacial score (nSPS) is 18.8. The Labute approximate surface area is 145 Å². The van der Waals surface area contributed by atoms with Gasteiger partial charge in [-0.1, -0.05) is 24.3 Å². The van der Waals surface area contributed by atoms with Crippen LogP contribution in [-0.4, -0.2) is 43.3 Å². The first kappa shape index (κ1) is 18.8. The number of non-ortho nitro benzene ring substituents is 1. The minimum Gasteiger partial charge on any atom is -0.468 e. The number of carbonyl (C=O) groups excluding carboxylic acids is 1. The van der Waals surface area contributed by atoms with Crippen LogP contribution in [0.1, 0.15) is 12.8 Å². The first-order valence-electron chi connectivity index (χ1n) is 7.47. The predicted octanol–water partition coefficient (Wildman–Crippen LogP) is 2.03. The second-order valence-electron chi connectivity index (χ2n) is 5.37. The number of hydrogen-bond acceptors (Lipinski definition) is 6. The van der Waals surface area contributed by atoms with E-state index in [0.29, 0.717) is 6.42 Å². The van der Waals surface area contributed by atoms with E-state index in [2.05, 4.69) is 6.58 Å². The standard InChI is InChI=1S/C16H18N2O6S/c1-3-12-4-9-15(16(19)24-2)17(11-10-12)25(22,23)14-7-5-13(6-8-14)18(20)21/h3-8,15H,1,9-11H2,2H3/t15-/m0/s1. The maximum absolute atomic E-state index is 12.9. The van der Waals surface area contributed by atoms with E-state index in [1.54, 1.807) is 12.2 Å². The van der Waals surface area contributed by atoms with Crippen molar-refractivity contribution in [1.82, 2.24) is 4.31 Å². The molecule has 0 spiro atoms. The fourth-order valence-electron chi connectivity index (χ4n) is 2.58. The Bertz CT molecular complexity index is 814. The number of methoxy groups -OCH3 is 1. The minimum absolute atomic E-state index is 0.0803. The third kappa shape index (κ3) is 3.94. The van der Waals surface area contributed by atoms with Gasteiger partial charge in [-0.15, -0.1) is 0 Å². The molecule has 134 valence electrons. The van der Waals surface area contributed by atoms with Gasteiger partial charge in [-0.05, 0) is 25.0 Å². The van der Waals surface area contributed by atoms with Gasteiger partial charge in [0.15, 0.2) is 0 Å². The first-order valence-corrected chi connectivity index (χ1v) is 8.91. The molecule has 1 aliphatic rings. The molecule has 0 saturated carbocycles. The Morgan fingerprint density at radius 3 is 2.56 bits per heavy atom. The van der Waals surface area contributed by atoms with E-state index < -0.39 is 27.0 Å². The summed E-state index contributed by atoms with van der Waals surface area (Å²) in [6.45, 7) is 3.75. The summed E-state index contributed by atoms with van der Waals surface area (Å²) in [6.07, 6.45) is 3.96. The number of nitro groups is 1. The van der Waals surface area contributed by atoms with Crippen LogP contribution in [0, 0.1) is 10.1 Å². The third-order valence-corrected chi connectivity index (χ3v) is 5.88. The van der Waals surface area contributed by atoms with E-state index in [1.807, 2.05) is 0 Å². The molecule has 9 heteroatoms. The molecular formula is C16H18N2O6S. The number of allylic oxidation sites excluding steroid dienone is 1. The predicted molar refractivity (Wildman–Crippen MR) is 90.3 cm³/mol. The Balaban J connectivity index is 2.41. The van der Waals surface area contributed by atoms with E-state index in [9.17, 15) is 23.3 Å². The summed E-state index contributed by atoms with van der Waals surface area (Å²) in [7, 11) is -2.83. The lowest BCUT2D eigenvalue weighted by molar-refractivity contribution is -0.384. The van der Waals surface area contributed by atoms with Gasteiger partial charge in [0.2, 0.25) is 10.0 Å².